The predicted molar refractivity (Wildman–Crippen MR) is 118 cm³/mol. The summed E-state index contributed by atoms with van der Waals surface area (Å²) in [5, 5.41) is 3.82. The van der Waals surface area contributed by atoms with E-state index in [0.717, 1.165) is 55.4 Å². The molecule has 0 bridgehead atoms. The number of ether oxygens (including phenoxy) is 1. The smallest absolute Gasteiger partial charge is 0.439 e. The van der Waals surface area contributed by atoms with Gasteiger partial charge in [-0.2, -0.15) is 0 Å². The van der Waals surface area contributed by atoms with Gasteiger partial charge in [0.1, 0.15) is 17.3 Å². The highest BCUT2D eigenvalue weighted by molar-refractivity contribution is 5.63. The third kappa shape index (κ3) is 3.42. The molecule has 2 aromatic heterocycles. The number of piperidine rings is 1. The van der Waals surface area contributed by atoms with Crippen LogP contribution in [-0.2, 0) is 6.54 Å². The zero-order valence-electron chi connectivity index (χ0n) is 17.5. The molecule has 4 heterocycles. The van der Waals surface area contributed by atoms with Gasteiger partial charge in [0.25, 0.3) is 0 Å². The predicted octanol–water partition coefficient (Wildman–Crippen LogP) is 3.90. The van der Waals surface area contributed by atoms with Gasteiger partial charge in [-0.25, -0.2) is 9.78 Å². The van der Waals surface area contributed by atoms with Crippen LogP contribution in [0.1, 0.15) is 35.7 Å². The monoisotopic (exact) mass is 429 g/mol. The van der Waals surface area contributed by atoms with Crippen LogP contribution < -0.4 is 10.5 Å². The van der Waals surface area contributed by atoms with Crippen molar-refractivity contribution in [2.24, 2.45) is 5.92 Å². The normalized spacial score (nSPS) is 18.7. The molecule has 0 aliphatic carbocycles. The molecule has 1 unspecified atom stereocenters. The Hall–Kier alpha value is -3.65. The van der Waals surface area contributed by atoms with E-state index in [1.807, 2.05) is 30.5 Å². The van der Waals surface area contributed by atoms with E-state index < -0.39 is 5.76 Å². The van der Waals surface area contributed by atoms with Crippen molar-refractivity contribution in [3.05, 3.63) is 82.4 Å². The van der Waals surface area contributed by atoms with E-state index in [-0.39, 0.29) is 5.92 Å². The first kappa shape index (κ1) is 19.1. The largest absolute Gasteiger partial charge is 0.457 e. The van der Waals surface area contributed by atoms with Crippen molar-refractivity contribution in [1.29, 1.82) is 0 Å². The number of hydrogen-bond donors (Lipinski definition) is 2. The number of H-pyrrole nitrogens is 2. The lowest BCUT2D eigenvalue weighted by atomic mass is 9.74. The van der Waals surface area contributed by atoms with Gasteiger partial charge < -0.3 is 9.72 Å². The van der Waals surface area contributed by atoms with Crippen LogP contribution >= 0.6 is 0 Å². The second kappa shape index (κ2) is 7.80. The molecule has 2 N–H and O–H groups in total. The molecule has 0 saturated carbocycles. The number of hydrogen-bond acceptors (Lipinski definition) is 6. The molecule has 1 atom stereocenters. The molecule has 2 aliphatic heterocycles. The second-order valence-corrected chi connectivity index (χ2v) is 8.46. The van der Waals surface area contributed by atoms with Gasteiger partial charge in [0.15, 0.2) is 5.82 Å². The maximum absolute atomic E-state index is 11.4. The number of nitrogens with zero attached hydrogens (tertiary/aromatic N) is 3. The molecule has 0 amide bonds. The Morgan fingerprint density at radius 3 is 2.69 bits per heavy atom. The molecule has 1 fully saturated rings. The number of para-hydroxylation sites is 1. The molecule has 32 heavy (non-hydrogen) atoms. The maximum Gasteiger partial charge on any atom is 0.439 e. The van der Waals surface area contributed by atoms with Crippen molar-refractivity contribution in [1.82, 2.24) is 25.0 Å². The summed E-state index contributed by atoms with van der Waals surface area (Å²) in [6.07, 6.45) is 5.90. The minimum Gasteiger partial charge on any atom is -0.457 e. The van der Waals surface area contributed by atoms with Crippen LogP contribution in [0.2, 0.25) is 0 Å². The summed E-state index contributed by atoms with van der Waals surface area (Å²) in [4.78, 5) is 24.0. The number of rotatable bonds is 4. The third-order valence-electron chi connectivity index (χ3n) is 6.57. The summed E-state index contributed by atoms with van der Waals surface area (Å²) in [5.74, 6) is 3.35. The molecule has 1 saturated heterocycles. The van der Waals surface area contributed by atoms with Crippen molar-refractivity contribution in [2.75, 3.05) is 13.1 Å². The lowest BCUT2D eigenvalue weighted by Gasteiger charge is -2.39. The molecular weight excluding hydrogens is 406 g/mol. The average molecular weight is 429 g/mol. The van der Waals surface area contributed by atoms with Gasteiger partial charge in [0, 0.05) is 35.0 Å². The Kier molecular flexibility index (Phi) is 4.65. The summed E-state index contributed by atoms with van der Waals surface area (Å²) in [7, 11) is 0. The van der Waals surface area contributed by atoms with E-state index in [2.05, 4.69) is 47.7 Å². The number of aromatic amines is 2. The van der Waals surface area contributed by atoms with E-state index in [4.69, 9.17) is 4.74 Å². The van der Waals surface area contributed by atoms with E-state index in [1.165, 1.54) is 11.1 Å². The topological polar surface area (TPSA) is 100 Å². The number of benzene rings is 2. The molecule has 4 aromatic rings. The zero-order valence-corrected chi connectivity index (χ0v) is 17.5. The van der Waals surface area contributed by atoms with E-state index in [9.17, 15) is 4.79 Å². The van der Waals surface area contributed by atoms with Crippen molar-refractivity contribution < 1.29 is 9.26 Å². The molecule has 0 radical (unpaired) electrons. The molecule has 2 aromatic carbocycles. The minimum atomic E-state index is -0.567. The van der Waals surface area contributed by atoms with Crippen LogP contribution in [0.4, 0.5) is 0 Å². The Morgan fingerprint density at radius 1 is 1.06 bits per heavy atom. The fourth-order valence-electron chi connectivity index (χ4n) is 5.05. The summed E-state index contributed by atoms with van der Waals surface area (Å²) in [6.45, 7) is 2.94. The molecule has 8 nitrogen and oxygen atoms in total. The quantitative estimate of drug-likeness (QED) is 0.510. The Morgan fingerprint density at radius 2 is 1.91 bits per heavy atom. The number of aromatic nitrogens is 4. The van der Waals surface area contributed by atoms with Crippen LogP contribution in [0.25, 0.3) is 11.4 Å². The maximum atomic E-state index is 11.4. The molecule has 162 valence electrons. The Balaban J connectivity index is 1.30. The molecule has 8 heteroatoms. The van der Waals surface area contributed by atoms with Crippen LogP contribution in [-0.4, -0.2) is 38.1 Å². The first-order valence-electron chi connectivity index (χ1n) is 10.9. The summed E-state index contributed by atoms with van der Waals surface area (Å²) < 4.78 is 11.0. The molecule has 6 rings (SSSR count). The fourth-order valence-corrected chi connectivity index (χ4v) is 5.05. The fraction of sp³-hybridized carbons (Fsp3) is 0.292. The van der Waals surface area contributed by atoms with Gasteiger partial charge in [0.05, 0.1) is 6.54 Å². The van der Waals surface area contributed by atoms with Crippen LogP contribution in [0.15, 0.2) is 64.2 Å². The lowest BCUT2D eigenvalue weighted by Crippen LogP contribution is -2.36. The van der Waals surface area contributed by atoms with Gasteiger partial charge in [-0.05, 0) is 44.0 Å². The first-order chi connectivity index (χ1) is 15.7. The van der Waals surface area contributed by atoms with Gasteiger partial charge in [-0.3, -0.25) is 14.4 Å². The van der Waals surface area contributed by atoms with Crippen LogP contribution in [0.5, 0.6) is 11.5 Å². The van der Waals surface area contributed by atoms with Crippen molar-refractivity contribution in [3.8, 4) is 22.9 Å². The van der Waals surface area contributed by atoms with E-state index in [0.29, 0.717) is 11.7 Å². The first-order valence-corrected chi connectivity index (χ1v) is 10.9. The summed E-state index contributed by atoms with van der Waals surface area (Å²) in [6, 6.07) is 14.3. The number of imidazole rings is 1. The highest BCUT2D eigenvalue weighted by Crippen LogP contribution is 2.50. The van der Waals surface area contributed by atoms with Gasteiger partial charge in [-0.1, -0.05) is 35.5 Å². The molecular formula is C24H23N5O3. The number of nitrogens with one attached hydrogen (secondary N) is 2. The SMILES string of the molecule is O=c1[nH]c(-c2ccc3c(c2)Oc2ccccc2C3C2CCN(Cc3ncc[nH]3)CC2)no1. The minimum absolute atomic E-state index is 0.270. The lowest BCUT2D eigenvalue weighted by molar-refractivity contribution is 0.163. The highest BCUT2D eigenvalue weighted by atomic mass is 16.5. The van der Waals surface area contributed by atoms with Crippen molar-refractivity contribution in [2.45, 2.75) is 25.3 Å². The van der Waals surface area contributed by atoms with E-state index >= 15 is 0 Å². The standard InChI is InChI=1S/C24H23N5O3/c30-24-27-23(28-32-24)16-5-6-18-20(13-16)31-19-4-2-1-3-17(19)22(18)15-7-11-29(12-8-15)14-21-25-9-10-26-21/h1-6,9-10,13,15,22H,7-8,11-12,14H2,(H,25,26)(H,27,28,30). The second-order valence-electron chi connectivity index (χ2n) is 8.46. The molecule has 0 spiro atoms. The van der Waals surface area contributed by atoms with Gasteiger partial charge in [-0.15, -0.1) is 0 Å². The van der Waals surface area contributed by atoms with Gasteiger partial charge in [0.2, 0.25) is 0 Å². The number of likely N-dealkylation sites (tertiary alicyclic amines) is 1. The van der Waals surface area contributed by atoms with Crippen LogP contribution in [0, 0.1) is 5.92 Å². The third-order valence-corrected chi connectivity index (χ3v) is 6.57. The van der Waals surface area contributed by atoms with Crippen LogP contribution in [0.3, 0.4) is 0 Å². The van der Waals surface area contributed by atoms with Crippen molar-refractivity contribution >= 4 is 0 Å². The van der Waals surface area contributed by atoms with Gasteiger partial charge >= 0.3 is 5.76 Å². The number of fused-ring (bicyclic) bond motifs is 2. The van der Waals surface area contributed by atoms with E-state index in [1.54, 1.807) is 6.20 Å². The summed E-state index contributed by atoms with van der Waals surface area (Å²) >= 11 is 0. The van der Waals surface area contributed by atoms with Crippen molar-refractivity contribution in [3.63, 3.8) is 0 Å². The molecule has 2 aliphatic rings. The summed E-state index contributed by atoms with van der Waals surface area (Å²) in [5.41, 5.74) is 3.19. The Bertz CT molecular complexity index is 1280. The average Bonchev–Trinajstić information content (AvgIpc) is 3.49. The highest BCUT2D eigenvalue weighted by Gasteiger charge is 2.35. The zero-order chi connectivity index (χ0) is 21.5. The Labute approximate surface area is 184 Å².